The van der Waals surface area contributed by atoms with Crippen LogP contribution < -0.4 is 0 Å². The third-order valence-electron chi connectivity index (χ3n) is 0. The van der Waals surface area contributed by atoms with Gasteiger partial charge in [-0.3, -0.25) is 0 Å². The van der Waals surface area contributed by atoms with Gasteiger partial charge >= 0.3 is 51.4 Å². The maximum absolute atomic E-state index is 9.81. The van der Waals surface area contributed by atoms with Crippen LogP contribution in [0.3, 0.4) is 0 Å². The van der Waals surface area contributed by atoms with Gasteiger partial charge in [-0.2, -0.15) is 0 Å². The number of rotatable bonds is 0. The van der Waals surface area contributed by atoms with E-state index >= 15 is 0 Å². The van der Waals surface area contributed by atoms with Crippen LogP contribution in [0.25, 0.3) is 0 Å². The van der Waals surface area contributed by atoms with Crippen LogP contribution in [0.2, 0.25) is 0 Å². The second-order valence-electron chi connectivity index (χ2n) is 0.614. The number of halogens is 2. The average molecular weight is 209 g/mol. The Labute approximate surface area is 70.8 Å². The van der Waals surface area contributed by atoms with Gasteiger partial charge in [0.05, 0.1) is 0 Å². The summed E-state index contributed by atoms with van der Waals surface area (Å²) in [6.45, 7) is 0. The summed E-state index contributed by atoms with van der Waals surface area (Å²) in [6.07, 6.45) is 0. The van der Waals surface area contributed by atoms with Crippen molar-refractivity contribution >= 4 is 26.7 Å². The van der Waals surface area contributed by atoms with Crippen LogP contribution in [0.4, 0.5) is 6.63 Å². The van der Waals surface area contributed by atoms with E-state index in [4.69, 9.17) is 19.2 Å². The van der Waals surface area contributed by atoms with Crippen LogP contribution in [0, 0.1) is 0 Å². The Morgan fingerprint density at radius 1 is 1.22 bits per heavy atom. The SMILES string of the molecule is O=P(O)(O)O.[F][Zn][F].[LiH]. The van der Waals surface area contributed by atoms with Gasteiger partial charge in [0.2, 0.25) is 0 Å². The average Bonchev–Trinajstić information content (AvgIpc) is 1.27. The molecule has 0 aliphatic heterocycles. The quantitative estimate of drug-likeness (QED) is 0.363. The van der Waals surface area contributed by atoms with E-state index in [1.165, 1.54) is 0 Å². The minimum absolute atomic E-state index is 0. The molecule has 9 heavy (non-hydrogen) atoms. The predicted octanol–water partition coefficient (Wildman–Crippen LogP) is -0.739. The van der Waals surface area contributed by atoms with E-state index in [0.717, 1.165) is 0 Å². The van der Waals surface area contributed by atoms with Crippen LogP contribution in [0.5, 0.6) is 0 Å². The summed E-state index contributed by atoms with van der Waals surface area (Å²) in [5, 5.41) is 0. The summed E-state index contributed by atoms with van der Waals surface area (Å²) in [6, 6.07) is 0. The number of phosphoric acid groups is 1. The Bertz CT molecular complexity index is 74.4. The third kappa shape index (κ3) is 335. The molecule has 0 unspecified atom stereocenters. The van der Waals surface area contributed by atoms with Crippen LogP contribution >= 0.6 is 7.82 Å². The third-order valence-corrected chi connectivity index (χ3v) is 0. The fourth-order valence-electron chi connectivity index (χ4n) is 0. The molecule has 0 aromatic carbocycles. The molecule has 3 N–H and O–H groups in total. The molecule has 9 heteroatoms. The fraction of sp³-hybridized carbons (Fsp3) is 0. The van der Waals surface area contributed by atoms with Gasteiger partial charge in [-0.15, -0.1) is 0 Å². The van der Waals surface area contributed by atoms with Crippen molar-refractivity contribution in [3.8, 4) is 0 Å². The first-order chi connectivity index (χ1) is 3.41. The molecule has 0 bridgehead atoms. The Morgan fingerprint density at radius 3 is 1.22 bits per heavy atom. The van der Waals surface area contributed by atoms with E-state index in [2.05, 4.69) is 0 Å². The molecular formula is H4F2LiO4PZn. The van der Waals surface area contributed by atoms with E-state index in [0.29, 0.717) is 0 Å². The van der Waals surface area contributed by atoms with Crippen molar-refractivity contribution in [2.75, 3.05) is 0 Å². The zero-order chi connectivity index (χ0) is 7.21. The molecule has 0 aliphatic rings. The van der Waals surface area contributed by atoms with Crippen molar-refractivity contribution in [1.82, 2.24) is 0 Å². The molecule has 0 heterocycles. The number of hydrogen-bond donors (Lipinski definition) is 3. The first kappa shape index (κ1) is 16.6. The molecule has 0 atom stereocenters. The first-order valence-electron chi connectivity index (χ1n) is 1.32. The second-order valence-corrected chi connectivity index (χ2v) is 2.06. The predicted molar refractivity (Wildman–Crippen MR) is 23.6 cm³/mol. The molecule has 0 radical (unpaired) electrons. The van der Waals surface area contributed by atoms with E-state index in [1.807, 2.05) is 0 Å². The van der Waals surface area contributed by atoms with Gasteiger partial charge in [0.15, 0.2) is 0 Å². The van der Waals surface area contributed by atoms with Gasteiger partial charge in [-0.1, -0.05) is 0 Å². The standard InChI is InChI=1S/2FH.Li.H3O4P.Zn.H/c;;;1-5(2,3)4;;/h2*1H;;(H3,1,2,3,4);;/q;;;;+2;/p-2. The van der Waals surface area contributed by atoms with Gasteiger partial charge in [0, 0.05) is 0 Å². The molecule has 0 saturated carbocycles. The molecule has 0 fully saturated rings. The Morgan fingerprint density at radius 2 is 1.22 bits per heavy atom. The minimum atomic E-state index is -4.64. The Balaban J connectivity index is -0.0000000800. The molecule has 0 rings (SSSR count). The van der Waals surface area contributed by atoms with Crippen LogP contribution in [-0.2, 0) is 22.7 Å². The van der Waals surface area contributed by atoms with E-state index in [-0.39, 0.29) is 18.9 Å². The monoisotopic (exact) mass is 208 g/mol. The molecule has 0 amide bonds. The molecule has 0 aliphatic carbocycles. The normalized spacial score (nSPS) is 7.67. The van der Waals surface area contributed by atoms with Crippen molar-refractivity contribution in [3.63, 3.8) is 0 Å². The summed E-state index contributed by atoms with van der Waals surface area (Å²) >= 11 is -2.88. The maximum atomic E-state index is 9.81. The zero-order valence-corrected chi connectivity index (χ0v) is 7.52. The fourth-order valence-corrected chi connectivity index (χ4v) is 0. The van der Waals surface area contributed by atoms with Gasteiger partial charge < -0.3 is 14.7 Å². The Hall–Kier alpha value is 1.19. The zero-order valence-electron chi connectivity index (χ0n) is 3.66. The van der Waals surface area contributed by atoms with E-state index in [1.54, 1.807) is 0 Å². The molecule has 0 aromatic rings. The van der Waals surface area contributed by atoms with E-state index in [9.17, 15) is 6.63 Å². The van der Waals surface area contributed by atoms with Crippen LogP contribution in [0.1, 0.15) is 0 Å². The van der Waals surface area contributed by atoms with Crippen molar-refractivity contribution in [1.29, 1.82) is 0 Å². The molecule has 0 spiro atoms. The van der Waals surface area contributed by atoms with Crippen LogP contribution in [-0.4, -0.2) is 33.5 Å². The molecule has 0 saturated heterocycles. The molecule has 50 valence electrons. The summed E-state index contributed by atoms with van der Waals surface area (Å²) in [5.74, 6) is 0. The van der Waals surface area contributed by atoms with Crippen LogP contribution in [0.15, 0.2) is 0 Å². The molecule has 0 aromatic heterocycles. The summed E-state index contributed by atoms with van der Waals surface area (Å²) < 4.78 is 28.5. The van der Waals surface area contributed by atoms with Gasteiger partial charge in [-0.25, -0.2) is 4.57 Å². The van der Waals surface area contributed by atoms with Crippen molar-refractivity contribution in [3.05, 3.63) is 0 Å². The van der Waals surface area contributed by atoms with E-state index < -0.39 is 25.9 Å². The van der Waals surface area contributed by atoms with Crippen molar-refractivity contribution in [2.24, 2.45) is 0 Å². The Kier molecular flexibility index (Phi) is 17.0. The molecular weight excluding hydrogens is 205 g/mol. The number of hydrogen-bond acceptors (Lipinski definition) is 1. The van der Waals surface area contributed by atoms with Crippen molar-refractivity contribution in [2.45, 2.75) is 0 Å². The molecule has 4 nitrogen and oxygen atoms in total. The summed E-state index contributed by atoms with van der Waals surface area (Å²) in [5.41, 5.74) is 0. The second kappa shape index (κ2) is 9.19. The van der Waals surface area contributed by atoms with Gasteiger partial charge in [0.25, 0.3) is 0 Å². The summed E-state index contributed by atoms with van der Waals surface area (Å²) in [4.78, 5) is 21.6. The summed E-state index contributed by atoms with van der Waals surface area (Å²) in [7, 11) is -4.64. The van der Waals surface area contributed by atoms with Gasteiger partial charge in [-0.05, 0) is 0 Å². The van der Waals surface area contributed by atoms with Crippen molar-refractivity contribution < 1.29 is 44.0 Å². The first-order valence-corrected chi connectivity index (χ1v) is 5.13. The van der Waals surface area contributed by atoms with Gasteiger partial charge in [0.1, 0.15) is 0 Å². The topological polar surface area (TPSA) is 77.8 Å².